The van der Waals surface area contributed by atoms with Gasteiger partial charge in [0.25, 0.3) is 5.91 Å². The van der Waals surface area contributed by atoms with Crippen molar-refractivity contribution in [3.05, 3.63) is 47.5 Å². The van der Waals surface area contributed by atoms with Gasteiger partial charge in [-0.05, 0) is 43.3 Å². The van der Waals surface area contributed by atoms with Crippen LogP contribution in [0, 0.1) is 0 Å². The van der Waals surface area contributed by atoms with Crippen molar-refractivity contribution >= 4 is 34.8 Å². The maximum Gasteiger partial charge on any atom is 0.265 e. The van der Waals surface area contributed by atoms with E-state index in [1.54, 1.807) is 49.4 Å². The molecule has 0 bridgehead atoms. The minimum absolute atomic E-state index is 0.208. The molecule has 0 fully saturated rings. The second kappa shape index (κ2) is 8.39. The van der Waals surface area contributed by atoms with Crippen molar-refractivity contribution in [3.8, 4) is 11.5 Å². The smallest absolute Gasteiger partial charge is 0.265 e. The largest absolute Gasteiger partial charge is 0.495 e. The van der Waals surface area contributed by atoms with Crippen LogP contribution in [0.2, 0.25) is 5.02 Å². The second-order valence-electron chi connectivity index (χ2n) is 5.30. The molecule has 0 radical (unpaired) electrons. The van der Waals surface area contributed by atoms with E-state index in [0.717, 1.165) is 0 Å². The lowest BCUT2D eigenvalue weighted by molar-refractivity contribution is -0.122. The molecule has 2 aromatic rings. The molecule has 0 saturated carbocycles. The molecule has 25 heavy (non-hydrogen) atoms. The van der Waals surface area contributed by atoms with E-state index < -0.39 is 6.10 Å². The molecular formula is C18H19ClN2O4. The van der Waals surface area contributed by atoms with Gasteiger partial charge in [-0.15, -0.1) is 0 Å². The lowest BCUT2D eigenvalue weighted by Crippen LogP contribution is -2.30. The first-order valence-electron chi connectivity index (χ1n) is 7.57. The number of anilines is 2. The first-order chi connectivity index (χ1) is 11.9. The summed E-state index contributed by atoms with van der Waals surface area (Å²) in [5, 5.41) is 5.91. The molecule has 0 aromatic heterocycles. The fourth-order valence-corrected chi connectivity index (χ4v) is 2.30. The van der Waals surface area contributed by atoms with Gasteiger partial charge in [-0.3, -0.25) is 9.59 Å². The van der Waals surface area contributed by atoms with E-state index in [1.165, 1.54) is 14.0 Å². The summed E-state index contributed by atoms with van der Waals surface area (Å²) in [5.74, 6) is 0.393. The standard InChI is InChI=1S/C18H19ClN2O4/c1-11(25-15-6-4-5-13(19)9-15)18(23)21-16-10-14(20-12(2)22)7-8-17(16)24-3/h4-11H,1-3H3,(H,20,22)(H,21,23)/t11-/m1/s1. The first-order valence-corrected chi connectivity index (χ1v) is 7.95. The van der Waals surface area contributed by atoms with Crippen molar-refractivity contribution < 1.29 is 19.1 Å². The third-order valence-corrected chi connectivity index (χ3v) is 3.49. The van der Waals surface area contributed by atoms with E-state index in [1.807, 2.05) is 0 Å². The number of rotatable bonds is 6. The highest BCUT2D eigenvalue weighted by molar-refractivity contribution is 6.30. The van der Waals surface area contributed by atoms with Crippen molar-refractivity contribution in [3.63, 3.8) is 0 Å². The van der Waals surface area contributed by atoms with Crippen molar-refractivity contribution in [1.29, 1.82) is 0 Å². The number of methoxy groups -OCH3 is 1. The van der Waals surface area contributed by atoms with Crippen LogP contribution in [0.5, 0.6) is 11.5 Å². The average Bonchev–Trinajstić information content (AvgIpc) is 2.54. The molecule has 2 aromatic carbocycles. The molecular weight excluding hydrogens is 344 g/mol. The molecule has 1 atom stereocenters. The van der Waals surface area contributed by atoms with Crippen molar-refractivity contribution in [2.75, 3.05) is 17.7 Å². The molecule has 2 rings (SSSR count). The Bertz CT molecular complexity index is 779. The third-order valence-electron chi connectivity index (χ3n) is 3.26. The van der Waals surface area contributed by atoms with Gasteiger partial charge >= 0.3 is 0 Å². The van der Waals surface area contributed by atoms with E-state index in [2.05, 4.69) is 10.6 Å². The molecule has 0 unspecified atom stereocenters. The molecule has 7 heteroatoms. The van der Waals surface area contributed by atoms with E-state index in [0.29, 0.717) is 27.9 Å². The summed E-state index contributed by atoms with van der Waals surface area (Å²) in [5.41, 5.74) is 0.979. The van der Waals surface area contributed by atoms with Crippen LogP contribution in [-0.4, -0.2) is 25.0 Å². The zero-order valence-corrected chi connectivity index (χ0v) is 14.9. The minimum Gasteiger partial charge on any atom is -0.495 e. The molecule has 0 aliphatic carbocycles. The SMILES string of the molecule is COc1ccc(NC(C)=O)cc1NC(=O)[C@@H](C)Oc1cccc(Cl)c1. The maximum atomic E-state index is 12.4. The van der Waals surface area contributed by atoms with Gasteiger partial charge < -0.3 is 20.1 Å². The van der Waals surface area contributed by atoms with Crippen LogP contribution < -0.4 is 20.1 Å². The fourth-order valence-electron chi connectivity index (χ4n) is 2.12. The zero-order valence-electron chi connectivity index (χ0n) is 14.1. The number of hydrogen-bond donors (Lipinski definition) is 2. The van der Waals surface area contributed by atoms with Crippen LogP contribution in [0.3, 0.4) is 0 Å². The Kier molecular flexibility index (Phi) is 6.25. The molecule has 2 N–H and O–H groups in total. The number of nitrogens with one attached hydrogen (secondary N) is 2. The van der Waals surface area contributed by atoms with E-state index in [4.69, 9.17) is 21.1 Å². The van der Waals surface area contributed by atoms with Crippen LogP contribution in [0.15, 0.2) is 42.5 Å². The Morgan fingerprint density at radius 2 is 1.88 bits per heavy atom. The Morgan fingerprint density at radius 1 is 1.12 bits per heavy atom. The predicted molar refractivity (Wildman–Crippen MR) is 97.5 cm³/mol. The van der Waals surface area contributed by atoms with Crippen molar-refractivity contribution in [2.24, 2.45) is 0 Å². The summed E-state index contributed by atoms with van der Waals surface area (Å²) in [6.07, 6.45) is -0.757. The molecule has 0 aliphatic rings. The summed E-state index contributed by atoms with van der Waals surface area (Å²) in [6, 6.07) is 11.8. The number of amides is 2. The molecule has 0 heterocycles. The quantitative estimate of drug-likeness (QED) is 0.821. The van der Waals surface area contributed by atoms with Gasteiger partial charge in [0, 0.05) is 17.6 Å². The van der Waals surface area contributed by atoms with Crippen molar-refractivity contribution in [2.45, 2.75) is 20.0 Å². The number of carbonyl (C=O) groups is 2. The Balaban J connectivity index is 2.11. The molecule has 2 amide bonds. The van der Waals surface area contributed by atoms with Crippen LogP contribution >= 0.6 is 11.6 Å². The Hall–Kier alpha value is -2.73. The Labute approximate surface area is 151 Å². The van der Waals surface area contributed by atoms with Gasteiger partial charge in [0.15, 0.2) is 6.10 Å². The highest BCUT2D eigenvalue weighted by Crippen LogP contribution is 2.28. The molecule has 132 valence electrons. The average molecular weight is 363 g/mol. The van der Waals surface area contributed by atoms with Crippen LogP contribution in [0.25, 0.3) is 0 Å². The van der Waals surface area contributed by atoms with E-state index in [-0.39, 0.29) is 11.8 Å². The second-order valence-corrected chi connectivity index (χ2v) is 5.74. The number of ether oxygens (including phenoxy) is 2. The van der Waals surface area contributed by atoms with Crippen LogP contribution in [0.1, 0.15) is 13.8 Å². The van der Waals surface area contributed by atoms with Gasteiger partial charge in [0.1, 0.15) is 11.5 Å². The number of hydrogen-bond acceptors (Lipinski definition) is 4. The third kappa shape index (κ3) is 5.39. The van der Waals surface area contributed by atoms with Crippen molar-refractivity contribution in [1.82, 2.24) is 0 Å². The summed E-state index contributed by atoms with van der Waals surface area (Å²) in [6.45, 7) is 3.03. The summed E-state index contributed by atoms with van der Waals surface area (Å²) < 4.78 is 10.8. The van der Waals surface area contributed by atoms with Crippen LogP contribution in [-0.2, 0) is 9.59 Å². The monoisotopic (exact) mass is 362 g/mol. The van der Waals surface area contributed by atoms with Crippen LogP contribution in [0.4, 0.5) is 11.4 Å². The minimum atomic E-state index is -0.757. The Morgan fingerprint density at radius 3 is 2.52 bits per heavy atom. The molecule has 0 saturated heterocycles. The lowest BCUT2D eigenvalue weighted by Gasteiger charge is -2.17. The molecule has 0 spiro atoms. The lowest BCUT2D eigenvalue weighted by atomic mass is 10.2. The van der Waals surface area contributed by atoms with E-state index >= 15 is 0 Å². The normalized spacial score (nSPS) is 11.4. The van der Waals surface area contributed by atoms with E-state index in [9.17, 15) is 9.59 Å². The summed E-state index contributed by atoms with van der Waals surface area (Å²) in [7, 11) is 1.50. The fraction of sp³-hybridized carbons (Fsp3) is 0.222. The molecule has 0 aliphatic heterocycles. The summed E-state index contributed by atoms with van der Waals surface area (Å²) >= 11 is 5.90. The number of halogens is 1. The highest BCUT2D eigenvalue weighted by Gasteiger charge is 2.17. The van der Waals surface area contributed by atoms with Gasteiger partial charge in [-0.25, -0.2) is 0 Å². The zero-order chi connectivity index (χ0) is 18.4. The molecule has 6 nitrogen and oxygen atoms in total. The topological polar surface area (TPSA) is 76.7 Å². The number of carbonyl (C=O) groups excluding carboxylic acids is 2. The maximum absolute atomic E-state index is 12.4. The predicted octanol–water partition coefficient (Wildman–Crippen LogP) is 3.71. The van der Waals surface area contributed by atoms with Gasteiger partial charge in [0.2, 0.25) is 5.91 Å². The first kappa shape index (κ1) is 18.6. The highest BCUT2D eigenvalue weighted by atomic mass is 35.5. The van der Waals surface area contributed by atoms with Gasteiger partial charge in [-0.2, -0.15) is 0 Å². The van der Waals surface area contributed by atoms with Gasteiger partial charge in [-0.1, -0.05) is 17.7 Å². The number of benzene rings is 2. The van der Waals surface area contributed by atoms with Gasteiger partial charge in [0.05, 0.1) is 12.8 Å². The summed E-state index contributed by atoms with van der Waals surface area (Å²) in [4.78, 5) is 23.6.